The number of rotatable bonds is 3. The summed E-state index contributed by atoms with van der Waals surface area (Å²) in [4.78, 5) is 28.1. The molecule has 3 rings (SSSR count). The van der Waals surface area contributed by atoms with Gasteiger partial charge in [-0.1, -0.05) is 23.7 Å². The minimum atomic E-state index is -4.68. The minimum Gasteiger partial charge on any atom is -0.495 e. The lowest BCUT2D eigenvalue weighted by molar-refractivity contribution is -0.137. The zero-order chi connectivity index (χ0) is 21.3. The Morgan fingerprint density at radius 1 is 1.17 bits per heavy atom. The Morgan fingerprint density at radius 3 is 2.52 bits per heavy atom. The van der Waals surface area contributed by atoms with E-state index in [1.807, 2.05) is 13.0 Å². The first-order chi connectivity index (χ1) is 13.6. The van der Waals surface area contributed by atoms with Gasteiger partial charge in [-0.05, 0) is 36.8 Å². The van der Waals surface area contributed by atoms with E-state index in [0.29, 0.717) is 11.4 Å². The first-order valence-corrected chi connectivity index (χ1v) is 9.11. The molecular formula is C20H18ClF3N2O3. The predicted molar refractivity (Wildman–Crippen MR) is 102 cm³/mol. The maximum atomic E-state index is 13.1. The van der Waals surface area contributed by atoms with Crippen LogP contribution in [0.1, 0.15) is 21.5 Å². The van der Waals surface area contributed by atoms with E-state index in [-0.39, 0.29) is 31.1 Å². The van der Waals surface area contributed by atoms with Crippen molar-refractivity contribution in [2.75, 3.05) is 31.6 Å². The zero-order valence-corrected chi connectivity index (χ0v) is 16.5. The molecule has 0 saturated carbocycles. The number of aryl methyl sites for hydroxylation is 1. The SMILES string of the molecule is COc1ccc(C)cc1N1CCN(C(=O)c2cccc(C(F)(F)F)c2Cl)CC1=O. The van der Waals surface area contributed by atoms with Crippen molar-refractivity contribution in [2.24, 2.45) is 0 Å². The summed E-state index contributed by atoms with van der Waals surface area (Å²) in [5, 5.41) is -0.666. The lowest BCUT2D eigenvalue weighted by Gasteiger charge is -2.35. The molecule has 5 nitrogen and oxygen atoms in total. The van der Waals surface area contributed by atoms with E-state index in [1.54, 1.807) is 12.1 Å². The molecule has 0 spiro atoms. The maximum Gasteiger partial charge on any atom is 0.417 e. The summed E-state index contributed by atoms with van der Waals surface area (Å²) in [5.74, 6) is -0.563. The molecule has 1 aliphatic rings. The van der Waals surface area contributed by atoms with Gasteiger partial charge in [0.15, 0.2) is 0 Å². The van der Waals surface area contributed by atoms with Crippen molar-refractivity contribution >= 4 is 29.1 Å². The smallest absolute Gasteiger partial charge is 0.417 e. The van der Waals surface area contributed by atoms with Gasteiger partial charge in [0, 0.05) is 13.1 Å². The molecule has 154 valence electrons. The molecule has 1 saturated heterocycles. The first kappa shape index (κ1) is 21.0. The fraction of sp³-hybridized carbons (Fsp3) is 0.300. The fourth-order valence-electron chi connectivity index (χ4n) is 3.20. The van der Waals surface area contributed by atoms with Crippen LogP contribution in [0.15, 0.2) is 36.4 Å². The Kier molecular flexibility index (Phi) is 5.75. The number of amides is 2. The molecule has 0 bridgehead atoms. The second-order valence-corrected chi connectivity index (χ2v) is 6.99. The molecule has 0 N–H and O–H groups in total. The lowest BCUT2D eigenvalue weighted by atomic mass is 10.1. The van der Waals surface area contributed by atoms with E-state index in [0.717, 1.165) is 17.7 Å². The van der Waals surface area contributed by atoms with Gasteiger partial charge < -0.3 is 14.5 Å². The summed E-state index contributed by atoms with van der Waals surface area (Å²) in [5.41, 5.74) is 0.153. The average Bonchev–Trinajstić information content (AvgIpc) is 2.66. The van der Waals surface area contributed by atoms with Gasteiger partial charge in [-0.15, -0.1) is 0 Å². The number of carbonyl (C=O) groups excluding carboxylic acids is 2. The van der Waals surface area contributed by atoms with E-state index < -0.39 is 22.7 Å². The molecule has 9 heteroatoms. The quantitative estimate of drug-likeness (QED) is 0.740. The highest BCUT2D eigenvalue weighted by Crippen LogP contribution is 2.37. The van der Waals surface area contributed by atoms with Gasteiger partial charge in [0.25, 0.3) is 5.91 Å². The Hall–Kier alpha value is -2.74. The highest BCUT2D eigenvalue weighted by atomic mass is 35.5. The van der Waals surface area contributed by atoms with Crippen molar-refractivity contribution in [3.63, 3.8) is 0 Å². The number of methoxy groups -OCH3 is 1. The van der Waals surface area contributed by atoms with Crippen molar-refractivity contribution in [2.45, 2.75) is 13.1 Å². The van der Waals surface area contributed by atoms with Crippen LogP contribution in [-0.4, -0.2) is 43.5 Å². The molecule has 0 aromatic heterocycles. The number of piperazine rings is 1. The third-order valence-corrected chi connectivity index (χ3v) is 5.07. The van der Waals surface area contributed by atoms with Crippen LogP contribution in [0.5, 0.6) is 5.75 Å². The largest absolute Gasteiger partial charge is 0.495 e. The summed E-state index contributed by atoms with van der Waals surface area (Å²) >= 11 is 5.85. The van der Waals surface area contributed by atoms with Crippen LogP contribution in [0.2, 0.25) is 5.02 Å². The van der Waals surface area contributed by atoms with Gasteiger partial charge in [-0.2, -0.15) is 13.2 Å². The molecule has 1 fully saturated rings. The number of nitrogens with zero attached hydrogens (tertiary/aromatic N) is 2. The molecule has 0 atom stereocenters. The second-order valence-electron chi connectivity index (χ2n) is 6.61. The molecule has 0 radical (unpaired) electrons. The third-order valence-electron chi connectivity index (χ3n) is 4.67. The van der Waals surface area contributed by atoms with Crippen molar-refractivity contribution in [3.8, 4) is 5.75 Å². The molecule has 29 heavy (non-hydrogen) atoms. The van der Waals surface area contributed by atoms with Crippen LogP contribution in [0.3, 0.4) is 0 Å². The van der Waals surface area contributed by atoms with Crippen LogP contribution in [-0.2, 0) is 11.0 Å². The zero-order valence-electron chi connectivity index (χ0n) is 15.7. The van der Waals surface area contributed by atoms with Crippen LogP contribution in [0.4, 0.5) is 18.9 Å². The van der Waals surface area contributed by atoms with E-state index in [1.165, 1.54) is 23.0 Å². The number of ether oxygens (including phenoxy) is 1. The molecule has 2 aromatic carbocycles. The summed E-state index contributed by atoms with van der Waals surface area (Å²) in [6.45, 7) is 1.93. The maximum absolute atomic E-state index is 13.1. The van der Waals surface area contributed by atoms with Crippen LogP contribution < -0.4 is 9.64 Å². The topological polar surface area (TPSA) is 49.9 Å². The number of alkyl halides is 3. The van der Waals surface area contributed by atoms with E-state index in [9.17, 15) is 22.8 Å². The van der Waals surface area contributed by atoms with Gasteiger partial charge >= 0.3 is 6.18 Å². The highest BCUT2D eigenvalue weighted by Gasteiger charge is 2.36. The van der Waals surface area contributed by atoms with E-state index in [2.05, 4.69) is 0 Å². The lowest BCUT2D eigenvalue weighted by Crippen LogP contribution is -2.52. The van der Waals surface area contributed by atoms with Gasteiger partial charge in [0.2, 0.25) is 5.91 Å². The molecule has 1 heterocycles. The molecule has 2 aromatic rings. The molecule has 0 aliphatic carbocycles. The highest BCUT2D eigenvalue weighted by molar-refractivity contribution is 6.34. The average molecular weight is 427 g/mol. The predicted octanol–water partition coefficient (Wildman–Crippen LogP) is 4.16. The number of hydrogen-bond donors (Lipinski definition) is 0. The number of benzene rings is 2. The van der Waals surface area contributed by atoms with Crippen molar-refractivity contribution in [1.82, 2.24) is 4.90 Å². The van der Waals surface area contributed by atoms with E-state index >= 15 is 0 Å². The number of carbonyl (C=O) groups is 2. The monoisotopic (exact) mass is 426 g/mol. The molecule has 2 amide bonds. The number of halogens is 4. The van der Waals surface area contributed by atoms with Gasteiger partial charge in [-0.3, -0.25) is 9.59 Å². The first-order valence-electron chi connectivity index (χ1n) is 8.73. The summed E-state index contributed by atoms with van der Waals surface area (Å²) in [6, 6.07) is 8.56. The van der Waals surface area contributed by atoms with Gasteiger partial charge in [-0.25, -0.2) is 0 Å². The number of hydrogen-bond acceptors (Lipinski definition) is 3. The van der Waals surface area contributed by atoms with Gasteiger partial charge in [0.05, 0.1) is 28.9 Å². The molecule has 0 unspecified atom stereocenters. The minimum absolute atomic E-state index is 0.147. The van der Waals surface area contributed by atoms with Crippen LogP contribution in [0, 0.1) is 6.92 Å². The van der Waals surface area contributed by atoms with E-state index in [4.69, 9.17) is 16.3 Å². The third kappa shape index (κ3) is 4.17. The van der Waals surface area contributed by atoms with Gasteiger partial charge in [0.1, 0.15) is 12.3 Å². The van der Waals surface area contributed by atoms with Crippen LogP contribution >= 0.6 is 11.6 Å². The Labute approximate surface area is 170 Å². The molecule has 1 aliphatic heterocycles. The Bertz CT molecular complexity index is 962. The number of anilines is 1. The fourth-order valence-corrected chi connectivity index (χ4v) is 3.51. The van der Waals surface area contributed by atoms with Crippen molar-refractivity contribution in [1.29, 1.82) is 0 Å². The van der Waals surface area contributed by atoms with Crippen molar-refractivity contribution < 1.29 is 27.5 Å². The normalized spacial score (nSPS) is 14.9. The summed E-state index contributed by atoms with van der Waals surface area (Å²) < 4.78 is 44.5. The summed E-state index contributed by atoms with van der Waals surface area (Å²) in [6.07, 6.45) is -4.68. The van der Waals surface area contributed by atoms with Crippen LogP contribution in [0.25, 0.3) is 0 Å². The summed E-state index contributed by atoms with van der Waals surface area (Å²) in [7, 11) is 1.49. The second kappa shape index (κ2) is 7.94. The standard InChI is InChI=1S/C20H18ClF3N2O3/c1-12-6-7-16(29-2)15(10-12)26-9-8-25(11-17(26)27)19(28)13-4-3-5-14(18(13)21)20(22,23)24/h3-7,10H,8-9,11H2,1-2H3. The Balaban J connectivity index is 1.83. The molecular weight excluding hydrogens is 409 g/mol. The van der Waals surface area contributed by atoms with Crippen molar-refractivity contribution in [3.05, 3.63) is 58.1 Å². The Morgan fingerprint density at radius 2 is 1.90 bits per heavy atom.